The molecule has 0 spiro atoms. The molecule has 0 radical (unpaired) electrons. The van der Waals surface area contributed by atoms with Crippen LogP contribution in [0, 0.1) is 0 Å². The molecule has 0 aliphatic rings. The molecule has 1 heterocycles. The van der Waals surface area contributed by atoms with Crippen molar-refractivity contribution in [3.8, 4) is 0 Å². The highest BCUT2D eigenvalue weighted by Crippen LogP contribution is 2.20. The fourth-order valence-corrected chi connectivity index (χ4v) is 2.96. The van der Waals surface area contributed by atoms with Gasteiger partial charge in [0.15, 0.2) is 0 Å². The molecule has 0 bridgehead atoms. The van der Waals surface area contributed by atoms with E-state index in [0.29, 0.717) is 17.0 Å². The van der Waals surface area contributed by atoms with Gasteiger partial charge < -0.3 is 4.57 Å². The minimum Gasteiger partial charge on any atom is -0.350 e. The first-order valence-corrected chi connectivity index (χ1v) is 8.30. The molecule has 128 valence electrons. The molecule has 3 aromatic rings. The molecule has 2 N–H and O–H groups in total. The number of nitrogens with one attached hydrogen (secondary N) is 2. The number of carbonyl (C=O) groups is 2. The Hall–Kier alpha value is -2.79. The van der Waals surface area contributed by atoms with E-state index in [1.165, 1.54) is 0 Å². The van der Waals surface area contributed by atoms with Crippen LogP contribution >= 0.6 is 11.6 Å². The number of rotatable bonds is 4. The van der Waals surface area contributed by atoms with Crippen molar-refractivity contribution in [2.75, 3.05) is 0 Å². The zero-order valence-corrected chi connectivity index (χ0v) is 14.5. The molecule has 0 aliphatic carbocycles. The molecule has 0 atom stereocenters. The number of fused-ring (bicyclic) bond motifs is 1. The average Bonchev–Trinajstić information content (AvgIpc) is 2.96. The Labute approximate surface area is 150 Å². The van der Waals surface area contributed by atoms with Crippen LogP contribution in [0.4, 0.5) is 0 Å². The summed E-state index contributed by atoms with van der Waals surface area (Å²) >= 11 is 6.07. The van der Waals surface area contributed by atoms with Crippen molar-refractivity contribution in [3.63, 3.8) is 0 Å². The maximum Gasteiger partial charge on any atom is 0.271 e. The second-order valence-corrected chi connectivity index (χ2v) is 6.17. The monoisotopic (exact) mass is 355 g/mol. The number of carbonyl (C=O) groups excluding carboxylic acids is 2. The summed E-state index contributed by atoms with van der Waals surface area (Å²) in [6.07, 6.45) is 2.49. The van der Waals surface area contributed by atoms with Crippen molar-refractivity contribution < 1.29 is 9.59 Å². The van der Waals surface area contributed by atoms with Crippen molar-refractivity contribution >= 4 is 34.3 Å². The summed E-state index contributed by atoms with van der Waals surface area (Å²) in [6.45, 7) is 0. The number of aryl methyl sites for hydroxylation is 2. The van der Waals surface area contributed by atoms with Crippen molar-refractivity contribution in [3.05, 3.63) is 70.9 Å². The van der Waals surface area contributed by atoms with Gasteiger partial charge in [-0.25, -0.2) is 0 Å². The third-order valence-corrected chi connectivity index (χ3v) is 4.40. The number of nitrogens with zero attached hydrogens (tertiary/aromatic N) is 1. The molecular formula is C19H18ClN3O2. The Bertz CT molecular complexity index is 933. The predicted molar refractivity (Wildman–Crippen MR) is 98.3 cm³/mol. The lowest BCUT2D eigenvalue weighted by molar-refractivity contribution is -0.121. The highest BCUT2D eigenvalue weighted by atomic mass is 35.5. The van der Waals surface area contributed by atoms with Crippen LogP contribution in [0.1, 0.15) is 22.3 Å². The highest BCUT2D eigenvalue weighted by Gasteiger charge is 2.14. The summed E-state index contributed by atoms with van der Waals surface area (Å²) in [6, 6.07) is 15.0. The number of hydrazine groups is 1. The van der Waals surface area contributed by atoms with Gasteiger partial charge in [0.2, 0.25) is 5.91 Å². The van der Waals surface area contributed by atoms with Gasteiger partial charge in [-0.05, 0) is 24.1 Å². The minimum absolute atomic E-state index is 0.236. The van der Waals surface area contributed by atoms with Crippen LogP contribution in [0.15, 0.2) is 54.7 Å². The number of halogens is 1. The molecule has 25 heavy (non-hydrogen) atoms. The first kappa shape index (κ1) is 17.0. The van der Waals surface area contributed by atoms with E-state index in [9.17, 15) is 9.59 Å². The van der Waals surface area contributed by atoms with Crippen LogP contribution in [0.2, 0.25) is 5.02 Å². The fourth-order valence-electron chi connectivity index (χ4n) is 2.73. The molecule has 0 aliphatic heterocycles. The van der Waals surface area contributed by atoms with Crippen molar-refractivity contribution in [1.82, 2.24) is 15.4 Å². The normalized spacial score (nSPS) is 10.6. The number of para-hydroxylation sites is 1. The van der Waals surface area contributed by atoms with Crippen LogP contribution in [0.25, 0.3) is 10.9 Å². The molecule has 0 fully saturated rings. The van der Waals surface area contributed by atoms with Gasteiger partial charge in [0.1, 0.15) is 0 Å². The van der Waals surface area contributed by atoms with E-state index in [4.69, 9.17) is 11.6 Å². The maximum atomic E-state index is 12.3. The first-order valence-electron chi connectivity index (χ1n) is 7.93. The van der Waals surface area contributed by atoms with Gasteiger partial charge in [-0.15, -0.1) is 0 Å². The predicted octanol–water partition coefficient (Wildman–Crippen LogP) is 3.23. The topological polar surface area (TPSA) is 63.1 Å². The van der Waals surface area contributed by atoms with Gasteiger partial charge in [-0.1, -0.05) is 48.0 Å². The maximum absolute atomic E-state index is 12.3. The van der Waals surface area contributed by atoms with E-state index in [0.717, 1.165) is 16.5 Å². The Morgan fingerprint density at radius 3 is 2.56 bits per heavy atom. The minimum atomic E-state index is -0.345. The largest absolute Gasteiger partial charge is 0.350 e. The summed E-state index contributed by atoms with van der Waals surface area (Å²) in [7, 11) is 1.88. The second kappa shape index (κ2) is 7.40. The van der Waals surface area contributed by atoms with Gasteiger partial charge in [-0.3, -0.25) is 20.4 Å². The van der Waals surface area contributed by atoms with Gasteiger partial charge in [0.25, 0.3) is 5.91 Å². The zero-order valence-electron chi connectivity index (χ0n) is 13.8. The smallest absolute Gasteiger partial charge is 0.271 e. The van der Waals surface area contributed by atoms with Crippen LogP contribution < -0.4 is 10.9 Å². The Kier molecular flexibility index (Phi) is 5.05. The van der Waals surface area contributed by atoms with Gasteiger partial charge in [0.05, 0.1) is 5.56 Å². The van der Waals surface area contributed by atoms with Crippen LogP contribution in [0.3, 0.4) is 0 Å². The number of hydrogen-bond acceptors (Lipinski definition) is 2. The summed E-state index contributed by atoms with van der Waals surface area (Å²) in [5, 5.41) is 1.47. The summed E-state index contributed by atoms with van der Waals surface area (Å²) < 4.78 is 1.88. The molecule has 6 heteroatoms. The molecule has 5 nitrogen and oxygen atoms in total. The molecule has 2 amide bonds. The van der Waals surface area contributed by atoms with Crippen molar-refractivity contribution in [2.45, 2.75) is 12.8 Å². The van der Waals surface area contributed by atoms with Crippen molar-refractivity contribution in [2.24, 2.45) is 7.05 Å². The molecule has 0 unspecified atom stereocenters. The molecule has 2 aromatic carbocycles. The van der Waals surface area contributed by atoms with Gasteiger partial charge >= 0.3 is 0 Å². The first-order chi connectivity index (χ1) is 12.1. The number of amides is 2. The Balaban J connectivity index is 1.58. The molecule has 3 rings (SSSR count). The lowest BCUT2D eigenvalue weighted by atomic mass is 10.1. The second-order valence-electron chi connectivity index (χ2n) is 5.76. The number of aromatic nitrogens is 1. The van der Waals surface area contributed by atoms with Crippen LogP contribution in [-0.2, 0) is 18.3 Å². The third kappa shape index (κ3) is 3.83. The summed E-state index contributed by atoms with van der Waals surface area (Å²) in [5.41, 5.74) is 7.30. The standard InChI is InChI=1S/C19H18ClN3O2/c1-23-12-15(14-7-3-5-9-17(14)23)19(25)22-21-18(24)11-10-13-6-2-4-8-16(13)20/h2-9,12H,10-11H2,1H3,(H,21,24)(H,22,25). The lowest BCUT2D eigenvalue weighted by Crippen LogP contribution is -2.41. The van der Waals surface area contributed by atoms with Crippen LogP contribution in [0.5, 0.6) is 0 Å². The third-order valence-electron chi connectivity index (χ3n) is 4.04. The van der Waals surface area contributed by atoms with E-state index >= 15 is 0 Å². The SMILES string of the molecule is Cn1cc(C(=O)NNC(=O)CCc2ccccc2Cl)c2ccccc21. The molecule has 1 aromatic heterocycles. The Morgan fingerprint density at radius 2 is 1.76 bits per heavy atom. The van der Waals surface area contributed by atoms with Gasteiger partial charge in [0, 0.05) is 35.6 Å². The van der Waals surface area contributed by atoms with E-state index in [1.807, 2.05) is 54.1 Å². The van der Waals surface area contributed by atoms with E-state index < -0.39 is 0 Å². The lowest BCUT2D eigenvalue weighted by Gasteiger charge is -2.07. The number of benzene rings is 2. The molecule has 0 saturated carbocycles. The quantitative estimate of drug-likeness (QED) is 0.706. The molecule has 0 saturated heterocycles. The van der Waals surface area contributed by atoms with Crippen LogP contribution in [-0.4, -0.2) is 16.4 Å². The zero-order chi connectivity index (χ0) is 17.8. The van der Waals surface area contributed by atoms with E-state index in [-0.39, 0.29) is 18.2 Å². The fraction of sp³-hybridized carbons (Fsp3) is 0.158. The van der Waals surface area contributed by atoms with E-state index in [2.05, 4.69) is 10.9 Å². The van der Waals surface area contributed by atoms with Gasteiger partial charge in [-0.2, -0.15) is 0 Å². The molecular weight excluding hydrogens is 338 g/mol. The van der Waals surface area contributed by atoms with Crippen molar-refractivity contribution in [1.29, 1.82) is 0 Å². The number of hydrogen-bond donors (Lipinski definition) is 2. The highest BCUT2D eigenvalue weighted by molar-refractivity contribution is 6.31. The summed E-state index contributed by atoms with van der Waals surface area (Å²) in [5.74, 6) is -0.614. The summed E-state index contributed by atoms with van der Waals surface area (Å²) in [4.78, 5) is 24.3. The van der Waals surface area contributed by atoms with E-state index in [1.54, 1.807) is 12.3 Å². The average molecular weight is 356 g/mol. The Morgan fingerprint density at radius 1 is 1.04 bits per heavy atom.